The Labute approximate surface area is 133 Å². The molecule has 1 amide bonds. The lowest BCUT2D eigenvalue weighted by Gasteiger charge is -2.15. The molecule has 1 atom stereocenters. The van der Waals surface area contributed by atoms with Crippen LogP contribution in [-0.2, 0) is 4.74 Å². The number of ether oxygens (including phenoxy) is 1. The van der Waals surface area contributed by atoms with E-state index < -0.39 is 0 Å². The summed E-state index contributed by atoms with van der Waals surface area (Å²) in [5, 5.41) is 9.19. The lowest BCUT2D eigenvalue weighted by Crippen LogP contribution is -2.28. The van der Waals surface area contributed by atoms with Crippen LogP contribution in [-0.4, -0.2) is 19.6 Å². The maximum Gasteiger partial charge on any atom is 0.251 e. The van der Waals surface area contributed by atoms with Gasteiger partial charge in [-0.25, -0.2) is 0 Å². The van der Waals surface area contributed by atoms with E-state index in [1.165, 1.54) is 0 Å². The van der Waals surface area contributed by atoms with E-state index >= 15 is 0 Å². The minimum atomic E-state index is -0.115. The molecule has 0 saturated heterocycles. The van der Waals surface area contributed by atoms with Crippen LogP contribution in [0, 0.1) is 0 Å². The van der Waals surface area contributed by atoms with Crippen molar-refractivity contribution >= 4 is 28.0 Å². The number of benzene rings is 2. The molecule has 0 aliphatic heterocycles. The lowest BCUT2D eigenvalue weighted by atomic mass is 10.1. The van der Waals surface area contributed by atoms with Crippen molar-refractivity contribution < 1.29 is 9.53 Å². The first kappa shape index (κ1) is 14.8. The van der Waals surface area contributed by atoms with Gasteiger partial charge in [-0.05, 0) is 45.3 Å². The molecule has 3 nitrogen and oxygen atoms in total. The van der Waals surface area contributed by atoms with Crippen molar-refractivity contribution in [2.24, 2.45) is 0 Å². The fourth-order valence-electron chi connectivity index (χ4n) is 2.41. The summed E-state index contributed by atoms with van der Waals surface area (Å²) in [5.74, 6) is -0.0805. The van der Waals surface area contributed by atoms with E-state index in [4.69, 9.17) is 4.74 Å². The van der Waals surface area contributed by atoms with Gasteiger partial charge in [-0.2, -0.15) is 11.3 Å². The third kappa shape index (κ3) is 3.18. The molecule has 0 spiro atoms. The number of fused-ring (bicyclic) bond motifs is 1. The van der Waals surface area contributed by atoms with Crippen molar-refractivity contribution in [3.8, 4) is 0 Å². The van der Waals surface area contributed by atoms with Gasteiger partial charge in [0.05, 0.1) is 0 Å². The number of carbonyl (C=O) groups excluding carboxylic acids is 1. The molecule has 2 aromatic carbocycles. The number of methoxy groups -OCH3 is 1. The summed E-state index contributed by atoms with van der Waals surface area (Å²) in [6.45, 7) is 0.457. The molecule has 22 heavy (non-hydrogen) atoms. The van der Waals surface area contributed by atoms with Crippen molar-refractivity contribution in [2.45, 2.75) is 6.10 Å². The quantitative estimate of drug-likeness (QED) is 0.773. The van der Waals surface area contributed by atoms with Crippen LogP contribution < -0.4 is 5.32 Å². The van der Waals surface area contributed by atoms with Gasteiger partial charge in [-0.15, -0.1) is 0 Å². The number of nitrogens with one attached hydrogen (secondary N) is 1. The SMILES string of the molecule is COC(CNC(=O)c1ccc2ccccc2c1)c1ccsc1. The van der Waals surface area contributed by atoms with E-state index in [1.807, 2.05) is 59.3 Å². The smallest absolute Gasteiger partial charge is 0.251 e. The van der Waals surface area contributed by atoms with Gasteiger partial charge in [0.25, 0.3) is 5.91 Å². The predicted octanol–water partition coefficient (Wildman–Crippen LogP) is 4.02. The Kier molecular flexibility index (Phi) is 4.51. The molecule has 112 valence electrons. The Morgan fingerprint density at radius 3 is 2.73 bits per heavy atom. The first-order valence-electron chi connectivity index (χ1n) is 7.10. The minimum absolute atomic E-state index is 0.0805. The zero-order chi connectivity index (χ0) is 15.4. The van der Waals surface area contributed by atoms with Crippen LogP contribution in [0.1, 0.15) is 22.0 Å². The fourth-order valence-corrected chi connectivity index (χ4v) is 3.12. The summed E-state index contributed by atoms with van der Waals surface area (Å²) in [4.78, 5) is 12.3. The van der Waals surface area contributed by atoms with Crippen molar-refractivity contribution in [2.75, 3.05) is 13.7 Å². The van der Waals surface area contributed by atoms with Gasteiger partial charge in [0, 0.05) is 19.2 Å². The third-order valence-corrected chi connectivity index (χ3v) is 4.36. The molecule has 0 fully saturated rings. The number of carbonyl (C=O) groups is 1. The highest BCUT2D eigenvalue weighted by molar-refractivity contribution is 7.07. The monoisotopic (exact) mass is 311 g/mol. The van der Waals surface area contributed by atoms with E-state index in [9.17, 15) is 4.79 Å². The summed E-state index contributed by atoms with van der Waals surface area (Å²) in [7, 11) is 1.66. The van der Waals surface area contributed by atoms with Gasteiger partial charge in [-0.1, -0.05) is 30.3 Å². The average Bonchev–Trinajstić information content (AvgIpc) is 3.09. The molecule has 3 rings (SSSR count). The Balaban J connectivity index is 1.70. The lowest BCUT2D eigenvalue weighted by molar-refractivity contribution is 0.0829. The summed E-state index contributed by atoms with van der Waals surface area (Å²) in [5.41, 5.74) is 1.75. The first-order valence-corrected chi connectivity index (χ1v) is 8.04. The van der Waals surface area contributed by atoms with Gasteiger partial charge < -0.3 is 10.1 Å². The summed E-state index contributed by atoms with van der Waals surface area (Å²) >= 11 is 1.62. The maximum atomic E-state index is 12.3. The van der Waals surface area contributed by atoms with Gasteiger partial charge in [0.1, 0.15) is 6.10 Å². The molecule has 1 N–H and O–H groups in total. The number of hydrogen-bond donors (Lipinski definition) is 1. The second kappa shape index (κ2) is 6.73. The van der Waals surface area contributed by atoms with Gasteiger partial charge in [0.2, 0.25) is 0 Å². The molecule has 4 heteroatoms. The van der Waals surface area contributed by atoms with Crippen LogP contribution in [0.25, 0.3) is 10.8 Å². The molecule has 0 aliphatic carbocycles. The fraction of sp³-hybridized carbons (Fsp3) is 0.167. The second-order valence-electron chi connectivity index (χ2n) is 5.05. The zero-order valence-corrected chi connectivity index (χ0v) is 13.1. The topological polar surface area (TPSA) is 38.3 Å². The van der Waals surface area contributed by atoms with Crippen molar-refractivity contribution in [1.29, 1.82) is 0 Å². The highest BCUT2D eigenvalue weighted by Gasteiger charge is 2.13. The number of thiophene rings is 1. The molecular formula is C18H17NO2S. The second-order valence-corrected chi connectivity index (χ2v) is 5.83. The third-order valence-electron chi connectivity index (χ3n) is 3.66. The van der Waals surface area contributed by atoms with Crippen LogP contribution in [0.4, 0.5) is 0 Å². The van der Waals surface area contributed by atoms with Crippen LogP contribution in [0.3, 0.4) is 0 Å². The van der Waals surface area contributed by atoms with Gasteiger partial charge in [-0.3, -0.25) is 4.79 Å². The van der Waals surface area contributed by atoms with Crippen LogP contribution in [0.2, 0.25) is 0 Å². The molecule has 0 radical (unpaired) electrons. The van der Waals surface area contributed by atoms with E-state index in [0.29, 0.717) is 12.1 Å². The molecule has 1 heterocycles. The maximum absolute atomic E-state index is 12.3. The van der Waals surface area contributed by atoms with Gasteiger partial charge in [0.15, 0.2) is 0 Å². The van der Waals surface area contributed by atoms with E-state index in [0.717, 1.165) is 16.3 Å². The Bertz CT molecular complexity index is 768. The van der Waals surface area contributed by atoms with Crippen molar-refractivity contribution in [1.82, 2.24) is 5.32 Å². The minimum Gasteiger partial charge on any atom is -0.375 e. The van der Waals surface area contributed by atoms with E-state index in [1.54, 1.807) is 18.4 Å². The highest BCUT2D eigenvalue weighted by atomic mass is 32.1. The van der Waals surface area contributed by atoms with Crippen molar-refractivity contribution in [3.63, 3.8) is 0 Å². The Hall–Kier alpha value is -2.17. The average molecular weight is 311 g/mol. The van der Waals surface area contributed by atoms with Crippen molar-refractivity contribution in [3.05, 3.63) is 70.4 Å². The molecule has 1 unspecified atom stereocenters. The first-order chi connectivity index (χ1) is 10.8. The number of rotatable bonds is 5. The Morgan fingerprint density at radius 1 is 1.18 bits per heavy atom. The van der Waals surface area contributed by atoms with Crippen LogP contribution in [0.5, 0.6) is 0 Å². The standard InChI is InChI=1S/C18H17NO2S/c1-21-17(16-8-9-22-12-16)11-19-18(20)15-7-6-13-4-2-3-5-14(13)10-15/h2-10,12,17H,11H2,1H3,(H,19,20). The normalized spacial score (nSPS) is 12.2. The molecule has 0 aliphatic rings. The number of hydrogen-bond acceptors (Lipinski definition) is 3. The largest absolute Gasteiger partial charge is 0.375 e. The van der Waals surface area contributed by atoms with Crippen LogP contribution >= 0.6 is 11.3 Å². The summed E-state index contributed by atoms with van der Waals surface area (Å²) < 4.78 is 5.44. The van der Waals surface area contributed by atoms with Crippen LogP contribution in [0.15, 0.2) is 59.3 Å². The summed E-state index contributed by atoms with van der Waals surface area (Å²) in [6.07, 6.45) is -0.115. The number of amides is 1. The molecular weight excluding hydrogens is 294 g/mol. The zero-order valence-electron chi connectivity index (χ0n) is 12.3. The highest BCUT2D eigenvalue weighted by Crippen LogP contribution is 2.19. The van der Waals surface area contributed by atoms with Gasteiger partial charge >= 0.3 is 0 Å². The predicted molar refractivity (Wildman–Crippen MR) is 90.4 cm³/mol. The van der Waals surface area contributed by atoms with E-state index in [-0.39, 0.29) is 12.0 Å². The summed E-state index contributed by atoms with van der Waals surface area (Å²) in [6, 6.07) is 15.8. The molecule has 1 aromatic heterocycles. The molecule has 0 bridgehead atoms. The Morgan fingerprint density at radius 2 is 2.00 bits per heavy atom. The van der Waals surface area contributed by atoms with E-state index in [2.05, 4.69) is 5.32 Å². The molecule has 3 aromatic rings. The molecule has 0 saturated carbocycles.